The van der Waals surface area contributed by atoms with Crippen LogP contribution in [0, 0.1) is 5.82 Å². The standard InChI is InChI=1S/C25H21FN4O3/c1-32-22-11-13-23(14-12-22)33-17-24(31)28-27-15-19-16-30(21-5-3-2-4-6-21)29-25(19)18-7-9-20(26)10-8-18/h2-16H,17H2,1H3,(H,28,31)/b27-15+. The molecule has 166 valence electrons. The number of ether oxygens (including phenoxy) is 2. The van der Waals surface area contributed by atoms with Gasteiger partial charge < -0.3 is 9.47 Å². The van der Waals surface area contributed by atoms with E-state index in [9.17, 15) is 9.18 Å². The Labute approximate surface area is 190 Å². The number of benzene rings is 3. The van der Waals surface area contributed by atoms with Crippen LogP contribution >= 0.6 is 0 Å². The molecular weight excluding hydrogens is 423 g/mol. The number of hydrazone groups is 1. The summed E-state index contributed by atoms with van der Waals surface area (Å²) in [6, 6.07) is 22.5. The van der Waals surface area contributed by atoms with Gasteiger partial charge in [0.1, 0.15) is 23.0 Å². The van der Waals surface area contributed by atoms with Crippen LogP contribution in [0.15, 0.2) is 90.2 Å². The Kier molecular flexibility index (Phi) is 6.75. The largest absolute Gasteiger partial charge is 0.497 e. The Balaban J connectivity index is 1.46. The molecule has 3 aromatic carbocycles. The van der Waals surface area contributed by atoms with Crippen molar-refractivity contribution in [1.82, 2.24) is 15.2 Å². The summed E-state index contributed by atoms with van der Waals surface area (Å²) in [5.41, 5.74) is 5.28. The highest BCUT2D eigenvalue weighted by molar-refractivity contribution is 5.89. The number of carbonyl (C=O) groups is 1. The summed E-state index contributed by atoms with van der Waals surface area (Å²) < 4.78 is 25.6. The van der Waals surface area contributed by atoms with Crippen LogP contribution in [0.25, 0.3) is 16.9 Å². The highest BCUT2D eigenvalue weighted by Gasteiger charge is 2.11. The summed E-state index contributed by atoms with van der Waals surface area (Å²) in [7, 11) is 1.58. The smallest absolute Gasteiger partial charge is 0.277 e. The number of hydrogen-bond donors (Lipinski definition) is 1. The highest BCUT2D eigenvalue weighted by Crippen LogP contribution is 2.23. The number of carbonyl (C=O) groups excluding carboxylic acids is 1. The molecule has 0 aliphatic carbocycles. The van der Waals surface area contributed by atoms with Gasteiger partial charge in [-0.25, -0.2) is 14.5 Å². The highest BCUT2D eigenvalue weighted by atomic mass is 19.1. The first kappa shape index (κ1) is 21.8. The van der Waals surface area contributed by atoms with Crippen molar-refractivity contribution in [2.45, 2.75) is 0 Å². The van der Waals surface area contributed by atoms with Crippen LogP contribution in [-0.4, -0.2) is 35.6 Å². The molecule has 0 atom stereocenters. The number of hydrogen-bond acceptors (Lipinski definition) is 5. The molecule has 1 N–H and O–H groups in total. The molecule has 0 saturated carbocycles. The summed E-state index contributed by atoms with van der Waals surface area (Å²) in [6.45, 7) is -0.197. The lowest BCUT2D eigenvalue weighted by Gasteiger charge is -2.05. The lowest BCUT2D eigenvalue weighted by molar-refractivity contribution is -0.123. The van der Waals surface area contributed by atoms with Crippen molar-refractivity contribution in [3.05, 3.63) is 96.4 Å². The van der Waals surface area contributed by atoms with Crippen LogP contribution in [-0.2, 0) is 4.79 Å². The van der Waals surface area contributed by atoms with Crippen LogP contribution in [0.2, 0.25) is 0 Å². The van der Waals surface area contributed by atoms with Gasteiger partial charge in [0.05, 0.1) is 19.0 Å². The van der Waals surface area contributed by atoms with E-state index in [0.717, 1.165) is 11.3 Å². The van der Waals surface area contributed by atoms with Gasteiger partial charge in [-0.3, -0.25) is 4.79 Å². The summed E-state index contributed by atoms with van der Waals surface area (Å²) in [5.74, 6) is 0.489. The average molecular weight is 444 g/mol. The lowest BCUT2D eigenvalue weighted by Crippen LogP contribution is -2.24. The first-order valence-electron chi connectivity index (χ1n) is 10.1. The van der Waals surface area contributed by atoms with E-state index in [1.165, 1.54) is 18.3 Å². The fourth-order valence-corrected chi connectivity index (χ4v) is 3.05. The van der Waals surface area contributed by atoms with Crippen molar-refractivity contribution < 1.29 is 18.7 Å². The van der Waals surface area contributed by atoms with Gasteiger partial charge in [0, 0.05) is 17.3 Å². The van der Waals surface area contributed by atoms with Crippen LogP contribution < -0.4 is 14.9 Å². The maximum Gasteiger partial charge on any atom is 0.277 e. The summed E-state index contributed by atoms with van der Waals surface area (Å²) >= 11 is 0. The molecule has 0 spiro atoms. The van der Waals surface area contributed by atoms with Crippen LogP contribution in [0.4, 0.5) is 4.39 Å². The third-order valence-corrected chi connectivity index (χ3v) is 4.70. The Morgan fingerprint density at radius 2 is 1.73 bits per heavy atom. The molecule has 0 fully saturated rings. The van der Waals surface area contributed by atoms with Crippen molar-refractivity contribution in [3.63, 3.8) is 0 Å². The van der Waals surface area contributed by atoms with Crippen LogP contribution in [0.1, 0.15) is 5.56 Å². The molecule has 0 aliphatic rings. The maximum atomic E-state index is 13.4. The third-order valence-electron chi connectivity index (χ3n) is 4.70. The zero-order valence-electron chi connectivity index (χ0n) is 17.8. The average Bonchev–Trinajstić information content (AvgIpc) is 3.28. The van der Waals surface area contributed by atoms with E-state index >= 15 is 0 Å². The Bertz CT molecular complexity index is 1240. The van der Waals surface area contributed by atoms with E-state index in [0.29, 0.717) is 22.8 Å². The first-order chi connectivity index (χ1) is 16.1. The minimum absolute atomic E-state index is 0.197. The molecule has 8 heteroatoms. The van der Waals surface area contributed by atoms with Crippen molar-refractivity contribution in [2.24, 2.45) is 5.10 Å². The fraction of sp³-hybridized carbons (Fsp3) is 0.0800. The number of halogens is 1. The summed E-state index contributed by atoms with van der Waals surface area (Å²) in [6.07, 6.45) is 3.29. The fourth-order valence-electron chi connectivity index (χ4n) is 3.05. The third kappa shape index (κ3) is 5.62. The van der Waals surface area contributed by atoms with E-state index in [2.05, 4.69) is 15.6 Å². The Morgan fingerprint density at radius 3 is 2.42 bits per heavy atom. The zero-order valence-corrected chi connectivity index (χ0v) is 17.8. The molecule has 0 bridgehead atoms. The number of rotatable bonds is 8. The number of para-hydroxylation sites is 1. The van der Waals surface area contributed by atoms with E-state index in [-0.39, 0.29) is 12.4 Å². The lowest BCUT2D eigenvalue weighted by atomic mass is 10.1. The molecule has 1 heterocycles. The van der Waals surface area contributed by atoms with E-state index in [1.807, 2.05) is 30.3 Å². The number of nitrogens with one attached hydrogen (secondary N) is 1. The number of nitrogens with zero attached hydrogens (tertiary/aromatic N) is 3. The zero-order chi connectivity index (χ0) is 23.0. The van der Waals surface area contributed by atoms with E-state index in [1.54, 1.807) is 54.4 Å². The molecule has 0 unspecified atom stereocenters. The molecule has 0 aliphatic heterocycles. The van der Waals surface area contributed by atoms with Crippen molar-refractivity contribution in [1.29, 1.82) is 0 Å². The molecule has 1 aromatic heterocycles. The monoisotopic (exact) mass is 444 g/mol. The first-order valence-corrected chi connectivity index (χ1v) is 10.1. The van der Waals surface area contributed by atoms with Gasteiger partial charge in [0.15, 0.2) is 6.61 Å². The molecule has 33 heavy (non-hydrogen) atoms. The van der Waals surface area contributed by atoms with Gasteiger partial charge in [-0.05, 0) is 60.7 Å². The molecule has 1 amide bonds. The molecule has 4 rings (SSSR count). The molecular formula is C25H21FN4O3. The maximum absolute atomic E-state index is 13.4. The minimum atomic E-state index is -0.416. The van der Waals surface area contributed by atoms with Gasteiger partial charge in [-0.2, -0.15) is 10.2 Å². The van der Waals surface area contributed by atoms with Crippen molar-refractivity contribution in [3.8, 4) is 28.4 Å². The summed E-state index contributed by atoms with van der Waals surface area (Å²) in [5, 5.41) is 8.66. The quantitative estimate of drug-likeness (QED) is 0.326. The SMILES string of the molecule is COc1ccc(OCC(=O)N/N=C/c2cn(-c3ccccc3)nc2-c2ccc(F)cc2)cc1. The molecule has 4 aromatic rings. The van der Waals surface area contributed by atoms with Gasteiger partial charge in [0.25, 0.3) is 5.91 Å². The van der Waals surface area contributed by atoms with Gasteiger partial charge in [-0.15, -0.1) is 0 Å². The minimum Gasteiger partial charge on any atom is -0.497 e. The molecule has 7 nitrogen and oxygen atoms in total. The van der Waals surface area contributed by atoms with Crippen LogP contribution in [0.3, 0.4) is 0 Å². The van der Waals surface area contributed by atoms with Gasteiger partial charge in [-0.1, -0.05) is 18.2 Å². The normalized spacial score (nSPS) is 10.8. The van der Waals surface area contributed by atoms with Crippen LogP contribution in [0.5, 0.6) is 11.5 Å². The van der Waals surface area contributed by atoms with Crippen molar-refractivity contribution >= 4 is 12.1 Å². The van der Waals surface area contributed by atoms with E-state index < -0.39 is 5.91 Å². The predicted molar refractivity (Wildman–Crippen MR) is 123 cm³/mol. The Hall–Kier alpha value is -4.46. The molecule has 0 saturated heterocycles. The van der Waals surface area contributed by atoms with Crippen molar-refractivity contribution in [2.75, 3.05) is 13.7 Å². The second-order valence-corrected chi connectivity index (χ2v) is 6.98. The van der Waals surface area contributed by atoms with Gasteiger partial charge in [0.2, 0.25) is 0 Å². The topological polar surface area (TPSA) is 77.7 Å². The van der Waals surface area contributed by atoms with E-state index in [4.69, 9.17) is 9.47 Å². The second kappa shape index (κ2) is 10.2. The predicted octanol–water partition coefficient (Wildman–Crippen LogP) is 4.22. The molecule has 0 radical (unpaired) electrons. The number of aromatic nitrogens is 2. The summed E-state index contributed by atoms with van der Waals surface area (Å²) in [4.78, 5) is 12.1. The number of amides is 1. The van der Waals surface area contributed by atoms with Gasteiger partial charge >= 0.3 is 0 Å². The second-order valence-electron chi connectivity index (χ2n) is 6.98. The number of methoxy groups -OCH3 is 1. The Morgan fingerprint density at radius 1 is 1.03 bits per heavy atom.